The number of allylic oxidation sites excluding steroid dienone is 1. The van der Waals surface area contributed by atoms with Gasteiger partial charge in [-0.1, -0.05) is 30.3 Å². The minimum atomic E-state index is -4.67. The fourth-order valence-electron chi connectivity index (χ4n) is 3.95. The number of aromatic nitrogens is 3. The Morgan fingerprint density at radius 1 is 1.06 bits per heavy atom. The van der Waals surface area contributed by atoms with E-state index in [-0.39, 0.29) is 49.2 Å². The van der Waals surface area contributed by atoms with Gasteiger partial charge in [-0.25, -0.2) is 13.2 Å². The van der Waals surface area contributed by atoms with Gasteiger partial charge in [0.1, 0.15) is 5.82 Å². The molecule has 1 amide bonds. The highest BCUT2D eigenvalue weighted by Gasteiger charge is 2.39. The number of carbonyl (C=O) groups excluding carboxylic acids is 1. The second-order valence-electron chi connectivity index (χ2n) is 8.33. The third kappa shape index (κ3) is 5.52. The van der Waals surface area contributed by atoms with E-state index in [1.54, 1.807) is 6.92 Å². The van der Waals surface area contributed by atoms with Crippen LogP contribution in [0.5, 0.6) is 0 Å². The maximum atomic E-state index is 14.3. The minimum Gasteiger partial charge on any atom is -0.381 e. The Hall–Kier alpha value is -3.83. The Morgan fingerprint density at radius 2 is 1.75 bits per heavy atom. The van der Waals surface area contributed by atoms with E-state index in [1.165, 1.54) is 11.0 Å². The number of nitrogens with zero attached hydrogens (tertiary/aromatic N) is 4. The maximum absolute atomic E-state index is 14.3. The Kier molecular flexibility index (Phi) is 7.04. The highest BCUT2D eigenvalue weighted by Crippen LogP contribution is 2.29. The van der Waals surface area contributed by atoms with Gasteiger partial charge in [-0.15, -0.1) is 10.2 Å². The Balaban J connectivity index is 1.59. The van der Waals surface area contributed by atoms with Crippen LogP contribution in [0.2, 0.25) is 0 Å². The van der Waals surface area contributed by atoms with Crippen molar-refractivity contribution in [2.75, 3.05) is 6.54 Å². The molecule has 1 aromatic heterocycles. The zero-order chi connectivity index (χ0) is 26.0. The van der Waals surface area contributed by atoms with Gasteiger partial charge in [0.15, 0.2) is 17.5 Å². The van der Waals surface area contributed by atoms with Gasteiger partial charge in [0.05, 0.1) is 6.54 Å². The van der Waals surface area contributed by atoms with Gasteiger partial charge in [-0.3, -0.25) is 4.79 Å². The van der Waals surface area contributed by atoms with Gasteiger partial charge in [0, 0.05) is 43.4 Å². The molecule has 0 aliphatic carbocycles. The largest absolute Gasteiger partial charge is 0.451 e. The van der Waals surface area contributed by atoms with Gasteiger partial charge >= 0.3 is 6.18 Å². The van der Waals surface area contributed by atoms with E-state index in [4.69, 9.17) is 0 Å². The van der Waals surface area contributed by atoms with E-state index < -0.39 is 35.4 Å². The predicted octanol–water partition coefficient (Wildman–Crippen LogP) is 4.53. The highest BCUT2D eigenvalue weighted by molar-refractivity contribution is 5.88. The second-order valence-corrected chi connectivity index (χ2v) is 8.33. The summed E-state index contributed by atoms with van der Waals surface area (Å²) in [7, 11) is 0. The number of hydrogen-bond donors (Lipinski definition) is 1. The topological polar surface area (TPSA) is 63.1 Å². The molecule has 2 aromatic carbocycles. The highest BCUT2D eigenvalue weighted by atomic mass is 19.4. The summed E-state index contributed by atoms with van der Waals surface area (Å²) in [5.74, 6) is -5.26. The average molecular weight is 509 g/mol. The lowest BCUT2D eigenvalue weighted by atomic mass is 10.0. The van der Waals surface area contributed by atoms with Crippen LogP contribution in [0.4, 0.5) is 26.3 Å². The summed E-state index contributed by atoms with van der Waals surface area (Å²) in [4.78, 5) is 14.3. The van der Waals surface area contributed by atoms with E-state index in [1.807, 2.05) is 30.3 Å². The summed E-state index contributed by atoms with van der Waals surface area (Å²) in [6.07, 6.45) is -3.75. The third-order valence-corrected chi connectivity index (χ3v) is 5.79. The molecule has 0 bridgehead atoms. The number of alkyl halides is 3. The van der Waals surface area contributed by atoms with Crippen molar-refractivity contribution >= 4 is 5.91 Å². The van der Waals surface area contributed by atoms with Crippen LogP contribution in [0.1, 0.15) is 35.7 Å². The van der Waals surface area contributed by atoms with Crippen molar-refractivity contribution in [2.24, 2.45) is 0 Å². The lowest BCUT2D eigenvalue weighted by Gasteiger charge is -2.28. The quantitative estimate of drug-likeness (QED) is 0.301. The van der Waals surface area contributed by atoms with Crippen LogP contribution in [0.25, 0.3) is 0 Å². The monoisotopic (exact) mass is 509 g/mol. The van der Waals surface area contributed by atoms with Gasteiger partial charge in [-0.05, 0) is 24.1 Å². The number of hydrogen-bond acceptors (Lipinski definition) is 4. The predicted molar refractivity (Wildman–Crippen MR) is 117 cm³/mol. The van der Waals surface area contributed by atoms with Gasteiger partial charge in [0.2, 0.25) is 11.7 Å². The molecule has 1 N–H and O–H groups in total. The number of rotatable bonds is 6. The van der Waals surface area contributed by atoms with Crippen molar-refractivity contribution in [3.05, 3.63) is 94.5 Å². The zero-order valence-corrected chi connectivity index (χ0v) is 19.0. The molecule has 0 radical (unpaired) electrons. The summed E-state index contributed by atoms with van der Waals surface area (Å²) in [5.41, 5.74) is 0.894. The standard InChI is InChI=1S/C24H21F6N5O/c1-14(15-5-3-2-4-6-15)31-17(9-16-10-19(26)20(27)12-18(16)25)11-22(36)34-7-8-35-21(13-34)32-33-23(35)24(28,29)30/h2-6,10-12,14,31H,7-9,13H2,1H3/b17-11-/t14-/m1/s1. The molecular formula is C24H21F6N5O. The van der Waals surface area contributed by atoms with E-state index in [2.05, 4.69) is 15.5 Å². The molecule has 1 aliphatic rings. The van der Waals surface area contributed by atoms with Crippen LogP contribution < -0.4 is 5.32 Å². The van der Waals surface area contributed by atoms with Gasteiger partial charge in [0.25, 0.3) is 0 Å². The fraction of sp³-hybridized carbons (Fsp3) is 0.292. The number of nitrogens with one attached hydrogen (secondary N) is 1. The smallest absolute Gasteiger partial charge is 0.381 e. The summed E-state index contributed by atoms with van der Waals surface area (Å²) in [6.45, 7) is 1.40. The maximum Gasteiger partial charge on any atom is 0.451 e. The molecular weight excluding hydrogens is 488 g/mol. The number of halogens is 6. The molecule has 4 rings (SSSR count). The molecule has 1 aliphatic heterocycles. The first-order valence-corrected chi connectivity index (χ1v) is 11.0. The second kappa shape index (κ2) is 10.0. The molecule has 0 spiro atoms. The van der Waals surface area contributed by atoms with Gasteiger partial charge < -0.3 is 14.8 Å². The van der Waals surface area contributed by atoms with Crippen LogP contribution in [-0.4, -0.2) is 32.1 Å². The zero-order valence-electron chi connectivity index (χ0n) is 19.0. The Morgan fingerprint density at radius 3 is 2.44 bits per heavy atom. The molecule has 0 fully saturated rings. The van der Waals surface area contributed by atoms with E-state index in [9.17, 15) is 31.1 Å². The van der Waals surface area contributed by atoms with Crippen LogP contribution in [0, 0.1) is 17.5 Å². The van der Waals surface area contributed by atoms with Crippen LogP contribution in [0.15, 0.2) is 54.2 Å². The van der Waals surface area contributed by atoms with E-state index in [0.29, 0.717) is 6.07 Å². The van der Waals surface area contributed by atoms with E-state index >= 15 is 0 Å². The SMILES string of the molecule is C[C@@H](N/C(=C\C(=O)N1CCn2c(nnc2C(F)(F)F)C1)Cc1cc(F)c(F)cc1F)c1ccccc1. The van der Waals surface area contributed by atoms with Crippen molar-refractivity contribution < 1.29 is 31.1 Å². The molecule has 0 unspecified atom stereocenters. The number of fused-ring (bicyclic) bond motifs is 1. The summed E-state index contributed by atoms with van der Waals surface area (Å²) in [5, 5.41) is 9.85. The first kappa shape index (κ1) is 25.3. The number of benzene rings is 2. The van der Waals surface area contributed by atoms with Crippen LogP contribution >= 0.6 is 0 Å². The molecule has 6 nitrogen and oxygen atoms in total. The molecule has 3 aromatic rings. The van der Waals surface area contributed by atoms with Crippen LogP contribution in [0.3, 0.4) is 0 Å². The molecule has 0 saturated heterocycles. The Bertz CT molecular complexity index is 1290. The van der Waals surface area contributed by atoms with Crippen molar-refractivity contribution in [2.45, 2.75) is 38.7 Å². The van der Waals surface area contributed by atoms with Crippen molar-refractivity contribution in [3.63, 3.8) is 0 Å². The molecule has 2 heterocycles. The molecule has 36 heavy (non-hydrogen) atoms. The first-order chi connectivity index (χ1) is 17.0. The molecule has 0 saturated carbocycles. The lowest BCUT2D eigenvalue weighted by Crippen LogP contribution is -2.39. The fourth-order valence-corrected chi connectivity index (χ4v) is 3.95. The molecule has 190 valence electrons. The summed E-state index contributed by atoms with van der Waals surface area (Å²) in [6, 6.07) is 9.95. The molecule has 1 atom stereocenters. The third-order valence-electron chi connectivity index (χ3n) is 5.79. The number of carbonyl (C=O) groups is 1. The summed E-state index contributed by atoms with van der Waals surface area (Å²) < 4.78 is 81.7. The lowest BCUT2D eigenvalue weighted by molar-refractivity contribution is -0.148. The average Bonchev–Trinajstić information content (AvgIpc) is 3.27. The van der Waals surface area contributed by atoms with Crippen molar-refractivity contribution in [1.29, 1.82) is 0 Å². The van der Waals surface area contributed by atoms with Crippen molar-refractivity contribution in [3.8, 4) is 0 Å². The Labute approximate surface area is 202 Å². The van der Waals surface area contributed by atoms with Crippen LogP contribution in [-0.2, 0) is 30.5 Å². The van der Waals surface area contributed by atoms with Crippen molar-refractivity contribution in [1.82, 2.24) is 25.0 Å². The normalized spacial score (nSPS) is 15.0. The van der Waals surface area contributed by atoms with E-state index in [0.717, 1.165) is 16.2 Å². The molecule has 12 heteroatoms. The van der Waals surface area contributed by atoms with Gasteiger partial charge in [-0.2, -0.15) is 13.2 Å². The summed E-state index contributed by atoms with van der Waals surface area (Å²) >= 11 is 0. The number of amides is 1. The first-order valence-electron chi connectivity index (χ1n) is 11.0. The minimum absolute atomic E-state index is 0.0193.